The van der Waals surface area contributed by atoms with Gasteiger partial charge < -0.3 is 9.47 Å². The van der Waals surface area contributed by atoms with Gasteiger partial charge in [-0.2, -0.15) is 5.10 Å². The Morgan fingerprint density at radius 3 is 2.62 bits per heavy atom. The zero-order valence-corrected chi connectivity index (χ0v) is 14.8. The van der Waals surface area contributed by atoms with Gasteiger partial charge in [-0.05, 0) is 19.1 Å². The van der Waals surface area contributed by atoms with Crippen LogP contribution >= 0.6 is 22.9 Å². The molecule has 0 unspecified atom stereocenters. The highest BCUT2D eigenvalue weighted by atomic mass is 35.5. The van der Waals surface area contributed by atoms with Crippen molar-refractivity contribution in [2.75, 3.05) is 14.2 Å². The number of ether oxygens (including phenoxy) is 2. The van der Waals surface area contributed by atoms with Gasteiger partial charge in [0.15, 0.2) is 0 Å². The molecule has 0 aliphatic rings. The number of hydrogen-bond acceptors (Lipinski definition) is 6. The predicted molar refractivity (Wildman–Crippen MR) is 93.0 cm³/mol. The first kappa shape index (κ1) is 16.5. The Morgan fingerprint density at radius 2 is 2.00 bits per heavy atom. The average Bonchev–Trinajstić information content (AvgIpc) is 3.10. The van der Waals surface area contributed by atoms with Crippen molar-refractivity contribution in [3.8, 4) is 10.6 Å². The molecule has 0 saturated carbocycles. The van der Waals surface area contributed by atoms with Crippen LogP contribution in [0.2, 0.25) is 5.02 Å². The molecule has 1 aromatic carbocycles. The zero-order chi connectivity index (χ0) is 17.3. The van der Waals surface area contributed by atoms with Crippen LogP contribution in [-0.4, -0.2) is 34.8 Å². The van der Waals surface area contributed by atoms with Gasteiger partial charge in [0.05, 0.1) is 26.2 Å². The fourth-order valence-corrected chi connectivity index (χ4v) is 3.37. The summed E-state index contributed by atoms with van der Waals surface area (Å²) in [7, 11) is 2.79. The van der Waals surface area contributed by atoms with Crippen molar-refractivity contribution >= 4 is 39.4 Å². The van der Waals surface area contributed by atoms with Crippen molar-refractivity contribution in [2.45, 2.75) is 6.92 Å². The topological polar surface area (TPSA) is 65.7 Å². The van der Waals surface area contributed by atoms with Gasteiger partial charge in [-0.1, -0.05) is 35.1 Å². The molecule has 0 N–H and O–H groups in total. The predicted octanol–water partition coefficient (Wildman–Crippen LogP) is 3.58. The zero-order valence-electron chi connectivity index (χ0n) is 13.2. The fourth-order valence-electron chi connectivity index (χ4n) is 2.30. The maximum atomic E-state index is 12.1. The second-order valence-electron chi connectivity index (χ2n) is 4.91. The molecule has 0 spiro atoms. The molecule has 8 heteroatoms. The number of hydrogen-bond donors (Lipinski definition) is 0. The van der Waals surface area contributed by atoms with Crippen molar-refractivity contribution in [3.05, 3.63) is 46.9 Å². The number of aryl methyl sites for hydroxylation is 1. The third-order valence-electron chi connectivity index (χ3n) is 3.37. The number of aromatic nitrogens is 3. The molecule has 2 aromatic heterocycles. The Balaban J connectivity index is 2.15. The Morgan fingerprint density at radius 1 is 1.29 bits per heavy atom. The lowest BCUT2D eigenvalue weighted by molar-refractivity contribution is -0.133. The van der Waals surface area contributed by atoms with E-state index in [1.807, 2.05) is 19.1 Å². The van der Waals surface area contributed by atoms with Crippen LogP contribution in [0.25, 0.3) is 21.1 Å². The largest absolute Gasteiger partial charge is 0.503 e. The maximum Gasteiger partial charge on any atom is 0.343 e. The second kappa shape index (κ2) is 6.62. The summed E-state index contributed by atoms with van der Waals surface area (Å²) in [5, 5.41) is 6.01. The van der Waals surface area contributed by atoms with E-state index >= 15 is 0 Å². The van der Waals surface area contributed by atoms with Gasteiger partial charge in [-0.15, -0.1) is 0 Å². The van der Waals surface area contributed by atoms with Gasteiger partial charge in [0, 0.05) is 10.6 Å². The number of carbonyl (C=O) groups is 1. The number of methoxy groups -OCH3 is 2. The number of benzene rings is 1. The van der Waals surface area contributed by atoms with Crippen LogP contribution < -0.4 is 0 Å². The van der Waals surface area contributed by atoms with Crippen molar-refractivity contribution in [1.82, 2.24) is 14.6 Å². The number of carbonyl (C=O) groups excluding carboxylic acids is 1. The summed E-state index contributed by atoms with van der Waals surface area (Å²) in [4.78, 5) is 17.2. The van der Waals surface area contributed by atoms with E-state index in [1.54, 1.807) is 16.6 Å². The van der Waals surface area contributed by atoms with Gasteiger partial charge in [-0.3, -0.25) is 0 Å². The summed E-state index contributed by atoms with van der Waals surface area (Å²) >= 11 is 7.35. The SMILES string of the molecule is COC=C(C(=O)OC)c1c(C)nc2sc(-c3ccc(Cl)cc3)nn12. The molecule has 3 aromatic rings. The third-order valence-corrected chi connectivity index (χ3v) is 4.57. The second-order valence-corrected chi connectivity index (χ2v) is 6.31. The molecule has 0 aliphatic carbocycles. The number of esters is 1. The molecule has 0 aliphatic heterocycles. The molecule has 0 bridgehead atoms. The van der Waals surface area contributed by atoms with E-state index in [9.17, 15) is 4.79 Å². The van der Waals surface area contributed by atoms with Crippen LogP contribution in [0.1, 0.15) is 11.4 Å². The standard InChI is InChI=1S/C16H14ClN3O3S/c1-9-13(12(8-22-2)15(21)23-3)20-16(18-9)24-14(19-20)10-4-6-11(17)7-5-10/h4-8H,1-3H3. The smallest absolute Gasteiger partial charge is 0.343 e. The van der Waals surface area contributed by atoms with E-state index < -0.39 is 5.97 Å². The number of nitrogens with zero attached hydrogens (tertiary/aromatic N) is 3. The number of fused-ring (bicyclic) bond motifs is 1. The van der Waals surface area contributed by atoms with Gasteiger partial charge in [0.2, 0.25) is 4.96 Å². The first-order valence-corrected chi connectivity index (χ1v) is 8.18. The van der Waals surface area contributed by atoms with Gasteiger partial charge in [0.25, 0.3) is 0 Å². The molecule has 3 rings (SSSR count). The quantitative estimate of drug-likeness (QED) is 0.402. The van der Waals surface area contributed by atoms with Crippen molar-refractivity contribution in [1.29, 1.82) is 0 Å². The summed E-state index contributed by atoms with van der Waals surface area (Å²) < 4.78 is 11.5. The van der Waals surface area contributed by atoms with E-state index in [-0.39, 0.29) is 5.57 Å². The van der Waals surface area contributed by atoms with Gasteiger partial charge in [0.1, 0.15) is 16.3 Å². The maximum absolute atomic E-state index is 12.1. The van der Waals surface area contributed by atoms with Crippen molar-refractivity contribution in [3.63, 3.8) is 0 Å². The summed E-state index contributed by atoms with van der Waals surface area (Å²) in [6.45, 7) is 1.81. The van der Waals surface area contributed by atoms with Crippen LogP contribution in [0.4, 0.5) is 0 Å². The summed E-state index contributed by atoms with van der Waals surface area (Å²) in [6.07, 6.45) is 1.34. The van der Waals surface area contributed by atoms with Gasteiger partial charge in [-0.25, -0.2) is 14.3 Å². The highest BCUT2D eigenvalue weighted by Crippen LogP contribution is 2.30. The van der Waals surface area contributed by atoms with Crippen LogP contribution in [-0.2, 0) is 14.3 Å². The number of halogens is 1. The molecule has 0 saturated heterocycles. The van der Waals surface area contributed by atoms with E-state index in [1.165, 1.54) is 31.8 Å². The lowest BCUT2D eigenvalue weighted by atomic mass is 10.2. The molecular formula is C16H14ClN3O3S. The molecule has 6 nitrogen and oxygen atoms in total. The first-order chi connectivity index (χ1) is 11.5. The van der Waals surface area contributed by atoms with Crippen molar-refractivity contribution in [2.24, 2.45) is 0 Å². The molecular weight excluding hydrogens is 350 g/mol. The first-order valence-electron chi connectivity index (χ1n) is 6.99. The minimum absolute atomic E-state index is 0.262. The minimum atomic E-state index is -0.511. The average molecular weight is 364 g/mol. The molecule has 0 radical (unpaired) electrons. The summed E-state index contributed by atoms with van der Waals surface area (Å²) in [6, 6.07) is 7.38. The lowest BCUT2D eigenvalue weighted by Gasteiger charge is -2.04. The number of imidazole rings is 1. The fraction of sp³-hybridized carbons (Fsp3) is 0.188. The van der Waals surface area contributed by atoms with Crippen LogP contribution in [0.3, 0.4) is 0 Å². The van der Waals surface area contributed by atoms with E-state index in [2.05, 4.69) is 10.1 Å². The van der Waals surface area contributed by atoms with Gasteiger partial charge >= 0.3 is 5.97 Å². The minimum Gasteiger partial charge on any atom is -0.503 e. The molecule has 0 amide bonds. The molecule has 0 fully saturated rings. The Hall–Kier alpha value is -2.38. The Labute approximate surface area is 147 Å². The Kier molecular flexibility index (Phi) is 4.55. The summed E-state index contributed by atoms with van der Waals surface area (Å²) in [5.74, 6) is -0.511. The molecule has 0 atom stereocenters. The highest BCUT2D eigenvalue weighted by Gasteiger charge is 2.23. The lowest BCUT2D eigenvalue weighted by Crippen LogP contribution is -2.08. The molecule has 124 valence electrons. The Bertz CT molecular complexity index is 928. The third kappa shape index (κ3) is 2.88. The van der Waals surface area contributed by atoms with Crippen LogP contribution in [0.5, 0.6) is 0 Å². The normalized spacial score (nSPS) is 11.8. The van der Waals surface area contributed by atoms with Crippen LogP contribution in [0, 0.1) is 6.92 Å². The van der Waals surface area contributed by atoms with E-state index in [0.29, 0.717) is 21.4 Å². The van der Waals surface area contributed by atoms with E-state index in [4.69, 9.17) is 21.1 Å². The molecule has 2 heterocycles. The molecule has 24 heavy (non-hydrogen) atoms. The van der Waals surface area contributed by atoms with Crippen LogP contribution in [0.15, 0.2) is 30.5 Å². The summed E-state index contributed by atoms with van der Waals surface area (Å²) in [5.41, 5.74) is 2.41. The van der Waals surface area contributed by atoms with Crippen molar-refractivity contribution < 1.29 is 14.3 Å². The monoisotopic (exact) mass is 363 g/mol. The number of rotatable bonds is 4. The highest BCUT2D eigenvalue weighted by molar-refractivity contribution is 7.19. The van der Waals surface area contributed by atoms with E-state index in [0.717, 1.165) is 10.6 Å².